The molecule has 1 atom stereocenters. The minimum Gasteiger partial charge on any atom is -0.491 e. The highest BCUT2D eigenvalue weighted by molar-refractivity contribution is 9.10. The van der Waals surface area contributed by atoms with Crippen LogP contribution in [0.25, 0.3) is 0 Å². The van der Waals surface area contributed by atoms with Crippen LogP contribution >= 0.6 is 15.9 Å². The molecular formula is C18H22BrNO. The Balaban J connectivity index is 2.34. The Morgan fingerprint density at radius 1 is 1.05 bits per heavy atom. The van der Waals surface area contributed by atoms with Crippen molar-refractivity contribution in [1.82, 2.24) is 5.32 Å². The van der Waals surface area contributed by atoms with Gasteiger partial charge in [-0.25, -0.2) is 0 Å². The third-order valence-electron chi connectivity index (χ3n) is 3.37. The van der Waals surface area contributed by atoms with Crippen LogP contribution in [-0.2, 0) is 0 Å². The molecule has 0 aliphatic heterocycles. The molecule has 0 saturated carbocycles. The van der Waals surface area contributed by atoms with Gasteiger partial charge in [0.05, 0.1) is 12.1 Å². The van der Waals surface area contributed by atoms with Crippen LogP contribution in [0.15, 0.2) is 46.9 Å². The van der Waals surface area contributed by atoms with Gasteiger partial charge >= 0.3 is 0 Å². The molecule has 0 heterocycles. The molecule has 0 amide bonds. The topological polar surface area (TPSA) is 21.3 Å². The van der Waals surface area contributed by atoms with Gasteiger partial charge in [0.15, 0.2) is 0 Å². The highest BCUT2D eigenvalue weighted by Gasteiger charge is 2.13. The van der Waals surface area contributed by atoms with E-state index >= 15 is 0 Å². The number of halogens is 1. The molecule has 0 aliphatic carbocycles. The van der Waals surface area contributed by atoms with Gasteiger partial charge in [0.1, 0.15) is 5.75 Å². The molecule has 2 rings (SSSR count). The summed E-state index contributed by atoms with van der Waals surface area (Å²) in [6, 6.07) is 14.9. The fourth-order valence-corrected chi connectivity index (χ4v) is 2.66. The third-order valence-corrected chi connectivity index (χ3v) is 4.26. The number of ether oxygens (including phenoxy) is 1. The molecule has 0 spiro atoms. The predicted molar refractivity (Wildman–Crippen MR) is 92.0 cm³/mol. The Hall–Kier alpha value is -1.32. The first-order valence-electron chi connectivity index (χ1n) is 7.21. The van der Waals surface area contributed by atoms with E-state index in [2.05, 4.69) is 58.5 Å². The molecule has 21 heavy (non-hydrogen) atoms. The molecule has 0 aliphatic rings. The molecule has 0 bridgehead atoms. The van der Waals surface area contributed by atoms with Crippen LogP contribution in [0.4, 0.5) is 0 Å². The van der Waals surface area contributed by atoms with Crippen LogP contribution in [0.1, 0.15) is 36.6 Å². The van der Waals surface area contributed by atoms with Crippen molar-refractivity contribution in [3.63, 3.8) is 0 Å². The molecule has 2 nitrogen and oxygen atoms in total. The van der Waals surface area contributed by atoms with E-state index in [0.717, 1.165) is 10.2 Å². The van der Waals surface area contributed by atoms with Crippen molar-refractivity contribution in [3.8, 4) is 5.75 Å². The minimum atomic E-state index is 0.160. The van der Waals surface area contributed by atoms with Crippen molar-refractivity contribution < 1.29 is 4.74 Å². The number of rotatable bonds is 5. The standard InChI is InChI=1S/C18H22BrNO/c1-12(2)21-16-7-5-6-14(11-16)18(20-4)15-8-9-17(19)13(3)10-15/h5-12,18,20H,1-4H3. The highest BCUT2D eigenvalue weighted by Crippen LogP contribution is 2.28. The van der Waals surface area contributed by atoms with Gasteiger partial charge in [-0.2, -0.15) is 0 Å². The lowest BCUT2D eigenvalue weighted by molar-refractivity contribution is 0.242. The van der Waals surface area contributed by atoms with Crippen molar-refractivity contribution in [1.29, 1.82) is 0 Å². The lowest BCUT2D eigenvalue weighted by Gasteiger charge is -2.19. The quantitative estimate of drug-likeness (QED) is 0.834. The maximum Gasteiger partial charge on any atom is 0.120 e. The van der Waals surface area contributed by atoms with Crippen LogP contribution in [0.3, 0.4) is 0 Å². The van der Waals surface area contributed by atoms with Gasteiger partial charge in [0.25, 0.3) is 0 Å². The van der Waals surface area contributed by atoms with Crippen LogP contribution in [0.2, 0.25) is 0 Å². The van der Waals surface area contributed by atoms with Crippen molar-refractivity contribution in [3.05, 3.63) is 63.6 Å². The van der Waals surface area contributed by atoms with Gasteiger partial charge in [-0.3, -0.25) is 0 Å². The number of nitrogens with one attached hydrogen (secondary N) is 1. The Kier molecular flexibility index (Phi) is 5.43. The zero-order valence-corrected chi connectivity index (χ0v) is 14.6. The summed E-state index contributed by atoms with van der Waals surface area (Å²) >= 11 is 3.55. The van der Waals surface area contributed by atoms with Crippen LogP contribution < -0.4 is 10.1 Å². The van der Waals surface area contributed by atoms with Gasteiger partial charge < -0.3 is 10.1 Å². The maximum absolute atomic E-state index is 5.79. The summed E-state index contributed by atoms with van der Waals surface area (Å²) in [6.45, 7) is 6.19. The summed E-state index contributed by atoms with van der Waals surface area (Å²) in [5, 5.41) is 3.39. The Morgan fingerprint density at radius 3 is 2.38 bits per heavy atom. The van der Waals surface area contributed by atoms with E-state index in [4.69, 9.17) is 4.74 Å². The van der Waals surface area contributed by atoms with E-state index in [1.54, 1.807) is 0 Å². The third kappa shape index (κ3) is 4.08. The summed E-state index contributed by atoms with van der Waals surface area (Å²) in [6.07, 6.45) is 0.184. The summed E-state index contributed by atoms with van der Waals surface area (Å²) in [4.78, 5) is 0. The van der Waals surface area contributed by atoms with Crippen molar-refractivity contribution in [2.24, 2.45) is 0 Å². The summed E-state index contributed by atoms with van der Waals surface area (Å²) in [7, 11) is 1.98. The lowest BCUT2D eigenvalue weighted by atomic mass is 9.97. The van der Waals surface area contributed by atoms with Gasteiger partial charge in [-0.1, -0.05) is 40.2 Å². The monoisotopic (exact) mass is 347 g/mol. The smallest absolute Gasteiger partial charge is 0.120 e. The Morgan fingerprint density at radius 2 is 1.76 bits per heavy atom. The molecule has 0 radical (unpaired) electrons. The molecule has 1 unspecified atom stereocenters. The first-order valence-corrected chi connectivity index (χ1v) is 8.00. The molecule has 3 heteroatoms. The van der Waals surface area contributed by atoms with E-state index in [1.807, 2.05) is 33.0 Å². The van der Waals surface area contributed by atoms with Gasteiger partial charge in [0, 0.05) is 4.47 Å². The number of benzene rings is 2. The Labute approximate surface area is 135 Å². The van der Waals surface area contributed by atoms with Crippen molar-refractivity contribution >= 4 is 15.9 Å². The zero-order chi connectivity index (χ0) is 15.4. The highest BCUT2D eigenvalue weighted by atomic mass is 79.9. The van der Waals surface area contributed by atoms with Gasteiger partial charge in [0.2, 0.25) is 0 Å². The molecular weight excluding hydrogens is 326 g/mol. The second-order valence-electron chi connectivity index (χ2n) is 5.47. The second-order valence-corrected chi connectivity index (χ2v) is 6.32. The molecule has 112 valence electrons. The van der Waals surface area contributed by atoms with Crippen LogP contribution in [0.5, 0.6) is 5.75 Å². The zero-order valence-electron chi connectivity index (χ0n) is 13.0. The normalized spacial score (nSPS) is 12.5. The lowest BCUT2D eigenvalue weighted by Crippen LogP contribution is -2.18. The number of hydrogen-bond donors (Lipinski definition) is 1. The Bertz CT molecular complexity index is 610. The first kappa shape index (κ1) is 16.1. The fourth-order valence-electron chi connectivity index (χ4n) is 2.41. The van der Waals surface area contributed by atoms with Crippen LogP contribution in [-0.4, -0.2) is 13.2 Å². The summed E-state index contributed by atoms with van der Waals surface area (Å²) in [5.41, 5.74) is 3.69. The van der Waals surface area contributed by atoms with E-state index in [0.29, 0.717) is 0 Å². The maximum atomic E-state index is 5.79. The van der Waals surface area contributed by atoms with E-state index in [-0.39, 0.29) is 12.1 Å². The van der Waals surface area contributed by atoms with Crippen molar-refractivity contribution in [2.75, 3.05) is 7.05 Å². The fraction of sp³-hybridized carbons (Fsp3) is 0.333. The molecule has 1 N–H and O–H groups in total. The van der Waals surface area contributed by atoms with E-state index < -0.39 is 0 Å². The van der Waals surface area contributed by atoms with Crippen LogP contribution in [0, 0.1) is 6.92 Å². The summed E-state index contributed by atoms with van der Waals surface area (Å²) < 4.78 is 6.93. The van der Waals surface area contributed by atoms with E-state index in [1.165, 1.54) is 16.7 Å². The van der Waals surface area contributed by atoms with Crippen molar-refractivity contribution in [2.45, 2.75) is 32.9 Å². The average Bonchev–Trinajstić information content (AvgIpc) is 2.43. The molecule has 0 fully saturated rings. The average molecular weight is 348 g/mol. The number of hydrogen-bond acceptors (Lipinski definition) is 2. The second kappa shape index (κ2) is 7.10. The molecule has 0 aromatic heterocycles. The largest absolute Gasteiger partial charge is 0.491 e. The first-order chi connectivity index (χ1) is 10.0. The molecule has 2 aromatic carbocycles. The number of aryl methyl sites for hydroxylation is 1. The minimum absolute atomic E-state index is 0.160. The van der Waals surface area contributed by atoms with E-state index in [9.17, 15) is 0 Å². The summed E-state index contributed by atoms with van der Waals surface area (Å²) in [5.74, 6) is 0.914. The SMILES string of the molecule is CNC(c1cccc(OC(C)C)c1)c1ccc(Br)c(C)c1. The predicted octanol–water partition coefficient (Wildman–Crippen LogP) is 4.85. The van der Waals surface area contributed by atoms with Gasteiger partial charge in [-0.15, -0.1) is 0 Å². The van der Waals surface area contributed by atoms with Gasteiger partial charge in [-0.05, 0) is 62.7 Å². The molecule has 2 aromatic rings. The molecule has 0 saturated heterocycles.